The van der Waals surface area contributed by atoms with Gasteiger partial charge in [0.25, 0.3) is 5.56 Å². The Balaban J connectivity index is 1.74. The maximum atomic E-state index is 12.0. The summed E-state index contributed by atoms with van der Waals surface area (Å²) in [6.07, 6.45) is 3.04. The first-order valence-corrected chi connectivity index (χ1v) is 6.52. The van der Waals surface area contributed by atoms with Gasteiger partial charge in [0, 0.05) is 17.0 Å². The molecule has 0 saturated heterocycles. The second-order valence-electron chi connectivity index (χ2n) is 4.82. The van der Waals surface area contributed by atoms with Gasteiger partial charge in [-0.2, -0.15) is 10.1 Å². The van der Waals surface area contributed by atoms with Gasteiger partial charge in [0.2, 0.25) is 5.95 Å². The number of H-pyrrole nitrogens is 3. The molecule has 0 aromatic carbocycles. The van der Waals surface area contributed by atoms with Gasteiger partial charge in [0.15, 0.2) is 0 Å². The number of fused-ring (bicyclic) bond motifs is 2. The maximum absolute atomic E-state index is 12.0. The Morgan fingerprint density at radius 1 is 1.17 bits per heavy atom. The lowest BCUT2D eigenvalue weighted by molar-refractivity contribution is 0.0691. The van der Waals surface area contributed by atoms with E-state index in [9.17, 15) is 9.59 Å². The molecule has 0 radical (unpaired) electrons. The van der Waals surface area contributed by atoms with E-state index in [2.05, 4.69) is 35.5 Å². The topological polar surface area (TPSA) is 152 Å². The van der Waals surface area contributed by atoms with Gasteiger partial charge in [0.1, 0.15) is 22.7 Å². The highest BCUT2D eigenvalue weighted by atomic mass is 16.4. The number of aromatic amines is 3. The molecule has 0 atom stereocenters. The van der Waals surface area contributed by atoms with Crippen molar-refractivity contribution in [3.8, 4) is 0 Å². The van der Waals surface area contributed by atoms with Crippen LogP contribution in [-0.2, 0) is 0 Å². The predicted octanol–water partition coefficient (Wildman–Crippen LogP) is 0.964. The summed E-state index contributed by atoms with van der Waals surface area (Å²) in [6.45, 7) is 0. The average Bonchev–Trinajstić information content (AvgIpc) is 3.13. The van der Waals surface area contributed by atoms with Gasteiger partial charge in [0.05, 0.1) is 6.20 Å². The van der Waals surface area contributed by atoms with Gasteiger partial charge in [-0.1, -0.05) is 0 Å². The van der Waals surface area contributed by atoms with Crippen LogP contribution in [0.25, 0.3) is 22.1 Å². The number of hydrogen-bond acceptors (Lipinski definition) is 6. The summed E-state index contributed by atoms with van der Waals surface area (Å²) in [5.41, 5.74) is 0.795. The van der Waals surface area contributed by atoms with Crippen LogP contribution in [0.5, 0.6) is 0 Å². The smallest absolute Gasteiger partial charge is 0.352 e. The van der Waals surface area contributed by atoms with Crippen LogP contribution < -0.4 is 10.9 Å². The molecule has 0 aliphatic carbocycles. The number of carbonyl (C=O) groups is 1. The van der Waals surface area contributed by atoms with E-state index in [0.717, 1.165) is 5.39 Å². The van der Waals surface area contributed by atoms with E-state index >= 15 is 0 Å². The Kier molecular flexibility index (Phi) is 2.64. The highest BCUT2D eigenvalue weighted by molar-refractivity contribution is 5.92. The van der Waals surface area contributed by atoms with Crippen molar-refractivity contribution in [2.24, 2.45) is 0 Å². The summed E-state index contributed by atoms with van der Waals surface area (Å²) in [4.78, 5) is 36.5. The first kappa shape index (κ1) is 13.0. The molecule has 0 spiro atoms. The van der Waals surface area contributed by atoms with Gasteiger partial charge in [-0.25, -0.2) is 9.78 Å². The SMILES string of the molecule is O=C(O)c1cc2cnc(Nc3cc4cn[nH]c4[nH]c3=O)nc2[nH]1. The number of aromatic nitrogens is 6. The van der Waals surface area contributed by atoms with E-state index in [4.69, 9.17) is 5.11 Å². The third-order valence-corrected chi connectivity index (χ3v) is 3.30. The van der Waals surface area contributed by atoms with E-state index in [1.54, 1.807) is 12.3 Å². The fourth-order valence-corrected chi connectivity index (χ4v) is 2.21. The maximum Gasteiger partial charge on any atom is 0.352 e. The molecule has 0 aliphatic rings. The summed E-state index contributed by atoms with van der Waals surface area (Å²) < 4.78 is 0. The Morgan fingerprint density at radius 3 is 2.87 bits per heavy atom. The first-order chi connectivity index (χ1) is 11.1. The van der Waals surface area contributed by atoms with Gasteiger partial charge >= 0.3 is 5.97 Å². The lowest BCUT2D eigenvalue weighted by Gasteiger charge is -2.03. The van der Waals surface area contributed by atoms with Gasteiger partial charge in [-0.15, -0.1) is 0 Å². The Morgan fingerprint density at radius 2 is 2.04 bits per heavy atom. The number of rotatable bonds is 3. The molecule has 0 saturated carbocycles. The molecule has 0 aliphatic heterocycles. The lowest BCUT2D eigenvalue weighted by Crippen LogP contribution is -2.12. The zero-order valence-electron chi connectivity index (χ0n) is 11.4. The number of anilines is 2. The van der Waals surface area contributed by atoms with Crippen molar-refractivity contribution < 1.29 is 9.90 Å². The molecule has 0 unspecified atom stereocenters. The number of carboxylic acids is 1. The third-order valence-electron chi connectivity index (χ3n) is 3.30. The van der Waals surface area contributed by atoms with Crippen molar-refractivity contribution in [3.63, 3.8) is 0 Å². The Bertz CT molecular complexity index is 1110. The van der Waals surface area contributed by atoms with Gasteiger partial charge in [-0.05, 0) is 12.1 Å². The Labute approximate surface area is 126 Å². The molecular weight excluding hydrogens is 302 g/mol. The summed E-state index contributed by atoms with van der Waals surface area (Å²) >= 11 is 0. The minimum absolute atomic E-state index is 0.0177. The lowest BCUT2D eigenvalue weighted by atomic mass is 10.3. The fraction of sp³-hybridized carbons (Fsp3) is 0. The van der Waals surface area contributed by atoms with Crippen molar-refractivity contribution in [1.29, 1.82) is 0 Å². The zero-order chi connectivity index (χ0) is 16.0. The normalized spacial score (nSPS) is 11.1. The van der Waals surface area contributed by atoms with Crippen LogP contribution in [-0.4, -0.2) is 41.2 Å². The predicted molar refractivity (Wildman–Crippen MR) is 80.8 cm³/mol. The Hall–Kier alpha value is -3.69. The number of hydrogen-bond donors (Lipinski definition) is 5. The standard InChI is InChI=1S/C13H9N7O3/c21-11-7(1-6-4-15-20-10(6)18-11)17-13-14-3-5-2-8(12(22)23)16-9(5)19-13/h1-4H,(H,22,23)(H2,14,16,17,19)(H2,15,18,20,21). The van der Waals surface area contributed by atoms with Crippen molar-refractivity contribution in [2.75, 3.05) is 5.32 Å². The summed E-state index contributed by atoms with van der Waals surface area (Å²) in [5.74, 6) is -0.913. The van der Waals surface area contributed by atoms with Gasteiger partial charge < -0.3 is 20.4 Å². The minimum Gasteiger partial charge on any atom is -0.477 e. The van der Waals surface area contributed by atoms with Crippen molar-refractivity contribution >= 4 is 39.7 Å². The highest BCUT2D eigenvalue weighted by Crippen LogP contribution is 2.17. The largest absolute Gasteiger partial charge is 0.477 e. The molecule has 0 bridgehead atoms. The summed E-state index contributed by atoms with van der Waals surface area (Å²) in [7, 11) is 0. The molecule has 10 nitrogen and oxygen atoms in total. The molecule has 114 valence electrons. The molecule has 10 heteroatoms. The average molecular weight is 311 g/mol. The molecule has 4 aromatic rings. The summed E-state index contributed by atoms with van der Waals surface area (Å²) in [6, 6.07) is 3.05. The van der Waals surface area contributed by atoms with Crippen LogP contribution in [0.3, 0.4) is 0 Å². The molecule has 0 amide bonds. The second-order valence-corrected chi connectivity index (χ2v) is 4.82. The fourth-order valence-electron chi connectivity index (χ4n) is 2.21. The number of carboxylic acid groups (broad SMARTS) is 1. The van der Waals surface area contributed by atoms with Crippen LogP contribution in [0.2, 0.25) is 0 Å². The third kappa shape index (κ3) is 2.18. The number of nitrogens with zero attached hydrogens (tertiary/aromatic N) is 3. The molecule has 23 heavy (non-hydrogen) atoms. The number of nitrogens with one attached hydrogen (secondary N) is 4. The van der Waals surface area contributed by atoms with E-state index in [1.807, 2.05) is 0 Å². The quantitative estimate of drug-likeness (QED) is 0.378. The monoisotopic (exact) mass is 311 g/mol. The zero-order valence-corrected chi connectivity index (χ0v) is 11.4. The minimum atomic E-state index is -1.08. The number of aromatic carboxylic acids is 1. The molecule has 0 fully saturated rings. The number of pyridine rings is 1. The van der Waals surface area contributed by atoms with Crippen LogP contribution >= 0.6 is 0 Å². The van der Waals surface area contributed by atoms with E-state index in [0.29, 0.717) is 16.7 Å². The highest BCUT2D eigenvalue weighted by Gasteiger charge is 2.11. The summed E-state index contributed by atoms with van der Waals surface area (Å²) in [5, 5.41) is 19.6. The molecule has 5 N–H and O–H groups in total. The molecular formula is C13H9N7O3. The van der Waals surface area contributed by atoms with Crippen LogP contribution in [0.1, 0.15) is 10.5 Å². The van der Waals surface area contributed by atoms with Crippen molar-refractivity contribution in [1.82, 2.24) is 30.1 Å². The molecule has 4 rings (SSSR count). The van der Waals surface area contributed by atoms with Crippen LogP contribution in [0, 0.1) is 0 Å². The molecule has 4 heterocycles. The first-order valence-electron chi connectivity index (χ1n) is 6.52. The molecule has 4 aromatic heterocycles. The van der Waals surface area contributed by atoms with Crippen molar-refractivity contribution in [3.05, 3.63) is 40.6 Å². The van der Waals surface area contributed by atoms with Crippen LogP contribution in [0.4, 0.5) is 11.6 Å². The van der Waals surface area contributed by atoms with E-state index in [1.165, 1.54) is 12.3 Å². The van der Waals surface area contributed by atoms with Crippen molar-refractivity contribution in [2.45, 2.75) is 0 Å². The van der Waals surface area contributed by atoms with Gasteiger partial charge in [-0.3, -0.25) is 9.89 Å². The van der Waals surface area contributed by atoms with Crippen LogP contribution in [0.15, 0.2) is 29.3 Å². The van der Waals surface area contributed by atoms with E-state index in [-0.39, 0.29) is 22.9 Å². The van der Waals surface area contributed by atoms with E-state index < -0.39 is 5.97 Å². The second kappa shape index (κ2) is 4.66.